The van der Waals surface area contributed by atoms with Crippen molar-refractivity contribution >= 4 is 29.0 Å². The first kappa shape index (κ1) is 19.7. The van der Waals surface area contributed by atoms with Crippen LogP contribution in [0.1, 0.15) is 34.6 Å². The quantitative estimate of drug-likeness (QED) is 0.762. The lowest BCUT2D eigenvalue weighted by molar-refractivity contribution is 0.0831. The highest BCUT2D eigenvalue weighted by atomic mass is 32.2. The zero-order chi connectivity index (χ0) is 16.4. The molecule has 0 saturated heterocycles. The number of hydrogen-bond acceptors (Lipinski definition) is 5. The number of carbonyl (C=O) groups is 1. The van der Waals surface area contributed by atoms with Crippen LogP contribution in [0, 0.1) is 13.8 Å². The molecule has 0 N–H and O–H groups in total. The van der Waals surface area contributed by atoms with Gasteiger partial charge in [-0.05, 0) is 37.3 Å². The summed E-state index contributed by atoms with van der Waals surface area (Å²) in [5.74, 6) is 0.107. The zero-order valence-corrected chi connectivity index (χ0v) is 15.4. The highest BCUT2D eigenvalue weighted by Crippen LogP contribution is 2.34. The van der Waals surface area contributed by atoms with E-state index in [-0.39, 0.29) is 5.91 Å². The van der Waals surface area contributed by atoms with Crippen molar-refractivity contribution in [2.24, 2.45) is 0 Å². The average Bonchev–Trinajstić information content (AvgIpc) is 3.15. The summed E-state index contributed by atoms with van der Waals surface area (Å²) in [6.45, 7) is 8.09. The Balaban J connectivity index is 0.000000473. The molecule has 0 unspecified atom stereocenters. The van der Waals surface area contributed by atoms with Gasteiger partial charge < -0.3 is 9.42 Å². The Bertz CT molecular complexity index is 503. The van der Waals surface area contributed by atoms with Crippen molar-refractivity contribution in [1.29, 1.82) is 0 Å². The third kappa shape index (κ3) is 5.93. The lowest BCUT2D eigenvalue weighted by Crippen LogP contribution is -2.21. The van der Waals surface area contributed by atoms with Gasteiger partial charge in [-0.2, -0.15) is 0 Å². The molecule has 4 nitrogen and oxygen atoms in total. The van der Waals surface area contributed by atoms with Gasteiger partial charge in [0.25, 0.3) is 5.91 Å². The van der Waals surface area contributed by atoms with Crippen LogP contribution in [0.4, 0.5) is 0 Å². The molecule has 0 fully saturated rings. The van der Waals surface area contributed by atoms with Gasteiger partial charge in [-0.15, -0.1) is 23.1 Å². The van der Waals surface area contributed by atoms with Crippen molar-refractivity contribution in [3.63, 3.8) is 0 Å². The van der Waals surface area contributed by atoms with Gasteiger partial charge in [0.2, 0.25) is 0 Å². The molecule has 1 amide bonds. The predicted molar refractivity (Wildman–Crippen MR) is 91.4 cm³/mol. The SMILES string of the molecule is CC.CSc1sc(C(=O)N(C)C)c(C)c1C.c1cnoc1. The molecule has 0 aliphatic heterocycles. The number of carbonyl (C=O) groups excluding carboxylic acids is 1. The minimum absolute atomic E-state index is 0.107. The van der Waals surface area contributed by atoms with E-state index in [0.717, 1.165) is 10.4 Å². The number of aromatic nitrogens is 1. The second-order valence-electron chi connectivity index (χ2n) is 4.06. The molecule has 2 aromatic heterocycles. The molecular formula is C15H24N2O2S2. The Morgan fingerprint density at radius 3 is 2.19 bits per heavy atom. The van der Waals surface area contributed by atoms with E-state index in [1.165, 1.54) is 16.0 Å². The van der Waals surface area contributed by atoms with Crippen LogP contribution in [0.15, 0.2) is 27.3 Å². The summed E-state index contributed by atoms with van der Waals surface area (Å²) in [5, 5.41) is 3.35. The molecule has 0 spiro atoms. The molecule has 2 rings (SSSR count). The van der Waals surface area contributed by atoms with E-state index < -0.39 is 0 Å². The third-order valence-corrected chi connectivity index (χ3v) is 5.14. The summed E-state index contributed by atoms with van der Waals surface area (Å²) >= 11 is 3.30. The minimum atomic E-state index is 0.107. The lowest BCUT2D eigenvalue weighted by atomic mass is 10.2. The Morgan fingerprint density at radius 1 is 1.29 bits per heavy atom. The standard InChI is InChI=1S/C10H15NOS2.C3H3NO.C2H6/c1-6-7(2)10(13-5)14-8(6)9(12)11(3)4;1-2-4-5-3-1;1-2/h1-5H3;1-3H;1-2H3. The molecule has 0 aromatic carbocycles. The summed E-state index contributed by atoms with van der Waals surface area (Å²) in [4.78, 5) is 14.3. The Morgan fingerprint density at radius 2 is 1.90 bits per heavy atom. The fourth-order valence-corrected chi connectivity index (χ4v) is 3.46. The molecule has 0 radical (unpaired) electrons. The van der Waals surface area contributed by atoms with Crippen molar-refractivity contribution in [2.75, 3.05) is 20.4 Å². The number of nitrogens with zero attached hydrogens (tertiary/aromatic N) is 2. The molecule has 0 saturated carbocycles. The molecule has 0 atom stereocenters. The number of hydrogen-bond donors (Lipinski definition) is 0. The molecule has 21 heavy (non-hydrogen) atoms. The lowest BCUT2D eigenvalue weighted by Gasteiger charge is -2.08. The first-order valence-electron chi connectivity index (χ1n) is 6.69. The van der Waals surface area contributed by atoms with Crippen LogP contribution in [0.25, 0.3) is 0 Å². The summed E-state index contributed by atoms with van der Waals surface area (Å²) < 4.78 is 5.58. The predicted octanol–water partition coefficient (Wildman–Crippen LogP) is 4.49. The maximum Gasteiger partial charge on any atom is 0.263 e. The van der Waals surface area contributed by atoms with Crippen LogP contribution in [0.5, 0.6) is 0 Å². The molecule has 2 aromatic rings. The number of amides is 1. The van der Waals surface area contributed by atoms with E-state index in [0.29, 0.717) is 0 Å². The summed E-state index contributed by atoms with van der Waals surface area (Å²) in [6.07, 6.45) is 5.14. The fourth-order valence-electron chi connectivity index (χ4n) is 1.35. The van der Waals surface area contributed by atoms with Crippen LogP contribution in [0.3, 0.4) is 0 Å². The maximum atomic E-state index is 11.8. The summed E-state index contributed by atoms with van der Waals surface area (Å²) in [5.41, 5.74) is 2.37. The molecule has 6 heteroatoms. The monoisotopic (exact) mass is 328 g/mol. The Labute approximate surface area is 135 Å². The maximum absolute atomic E-state index is 11.8. The van der Waals surface area contributed by atoms with Crippen LogP contribution in [-0.4, -0.2) is 36.3 Å². The van der Waals surface area contributed by atoms with E-state index in [1.807, 2.05) is 27.0 Å². The Kier molecular flexibility index (Phi) is 9.82. The van der Waals surface area contributed by atoms with Crippen molar-refractivity contribution in [3.8, 4) is 0 Å². The van der Waals surface area contributed by atoms with Gasteiger partial charge in [-0.1, -0.05) is 19.0 Å². The first-order chi connectivity index (χ1) is 9.99. The zero-order valence-electron chi connectivity index (χ0n) is 13.8. The topological polar surface area (TPSA) is 46.3 Å². The molecule has 0 bridgehead atoms. The van der Waals surface area contributed by atoms with Gasteiger partial charge in [-0.25, -0.2) is 0 Å². The van der Waals surface area contributed by atoms with Crippen molar-refractivity contribution in [3.05, 3.63) is 34.5 Å². The van der Waals surface area contributed by atoms with Crippen molar-refractivity contribution < 1.29 is 9.32 Å². The smallest absolute Gasteiger partial charge is 0.263 e. The van der Waals surface area contributed by atoms with E-state index >= 15 is 0 Å². The third-order valence-electron chi connectivity index (χ3n) is 2.54. The summed E-state index contributed by atoms with van der Waals surface area (Å²) in [7, 11) is 3.57. The van der Waals surface area contributed by atoms with Gasteiger partial charge in [0, 0.05) is 14.1 Å². The van der Waals surface area contributed by atoms with Crippen LogP contribution in [-0.2, 0) is 0 Å². The molecule has 118 valence electrons. The van der Waals surface area contributed by atoms with Gasteiger partial charge in [0.15, 0.2) is 0 Å². The highest BCUT2D eigenvalue weighted by Gasteiger charge is 2.18. The minimum Gasteiger partial charge on any atom is -0.365 e. The molecule has 0 aliphatic rings. The summed E-state index contributed by atoms with van der Waals surface area (Å²) in [6, 6.07) is 1.72. The van der Waals surface area contributed by atoms with E-state index in [4.69, 9.17) is 0 Å². The van der Waals surface area contributed by atoms with Crippen molar-refractivity contribution in [1.82, 2.24) is 10.1 Å². The molecule has 0 aliphatic carbocycles. The van der Waals surface area contributed by atoms with E-state index in [9.17, 15) is 4.79 Å². The number of rotatable bonds is 2. The van der Waals surface area contributed by atoms with E-state index in [2.05, 4.69) is 16.6 Å². The average molecular weight is 329 g/mol. The van der Waals surface area contributed by atoms with Crippen LogP contribution in [0.2, 0.25) is 0 Å². The Hall–Kier alpha value is -1.27. The molecular weight excluding hydrogens is 304 g/mol. The first-order valence-corrected chi connectivity index (χ1v) is 8.73. The van der Waals surface area contributed by atoms with Gasteiger partial charge in [0.05, 0.1) is 15.3 Å². The normalized spacial score (nSPS) is 9.10. The number of thioether (sulfide) groups is 1. The van der Waals surface area contributed by atoms with Crippen molar-refractivity contribution in [2.45, 2.75) is 31.9 Å². The van der Waals surface area contributed by atoms with Gasteiger partial charge >= 0.3 is 0 Å². The second-order valence-corrected chi connectivity index (χ2v) is 6.16. The fraction of sp³-hybridized carbons (Fsp3) is 0.467. The van der Waals surface area contributed by atoms with E-state index in [1.54, 1.807) is 54.4 Å². The number of thiophene rings is 1. The largest absolute Gasteiger partial charge is 0.365 e. The van der Waals surface area contributed by atoms with Gasteiger partial charge in [-0.3, -0.25) is 4.79 Å². The van der Waals surface area contributed by atoms with Gasteiger partial charge in [0.1, 0.15) is 6.26 Å². The second kappa shape index (κ2) is 10.5. The van der Waals surface area contributed by atoms with Crippen LogP contribution < -0.4 is 0 Å². The highest BCUT2D eigenvalue weighted by molar-refractivity contribution is 8.00. The molecule has 2 heterocycles. The van der Waals surface area contributed by atoms with Crippen LogP contribution >= 0.6 is 23.1 Å².